The second kappa shape index (κ2) is 5.15. The first-order valence-electron chi connectivity index (χ1n) is 5.53. The number of nitriles is 1. The van der Waals surface area contributed by atoms with Gasteiger partial charge in [0.1, 0.15) is 5.15 Å². The molecule has 1 amide bonds. The highest BCUT2D eigenvalue weighted by atomic mass is 35.5. The molecule has 2 unspecified atom stereocenters. The van der Waals surface area contributed by atoms with Crippen molar-refractivity contribution in [1.82, 2.24) is 10.3 Å². The van der Waals surface area contributed by atoms with Gasteiger partial charge in [0, 0.05) is 17.8 Å². The van der Waals surface area contributed by atoms with Gasteiger partial charge in [0.15, 0.2) is 0 Å². The Morgan fingerprint density at radius 2 is 2.41 bits per heavy atom. The van der Waals surface area contributed by atoms with E-state index in [-0.39, 0.29) is 17.9 Å². The van der Waals surface area contributed by atoms with E-state index in [0.717, 1.165) is 19.3 Å². The van der Waals surface area contributed by atoms with Crippen LogP contribution in [0, 0.1) is 17.2 Å². The largest absolute Gasteiger partial charge is 0.348 e. The minimum Gasteiger partial charge on any atom is -0.348 e. The molecule has 5 heteroatoms. The fraction of sp³-hybridized carbons (Fsp3) is 0.417. The summed E-state index contributed by atoms with van der Waals surface area (Å²) in [5.74, 6) is -0.266. The Morgan fingerprint density at radius 1 is 1.59 bits per heavy atom. The Bertz CT molecular complexity index is 469. The fourth-order valence-corrected chi connectivity index (χ4v) is 2.26. The molecule has 1 aliphatic rings. The number of carbonyl (C=O) groups excluding carboxylic acids is 1. The Kier molecular flexibility index (Phi) is 3.60. The third-order valence-electron chi connectivity index (χ3n) is 2.99. The summed E-state index contributed by atoms with van der Waals surface area (Å²) in [5, 5.41) is 12.1. The third-order valence-corrected chi connectivity index (χ3v) is 3.19. The predicted molar refractivity (Wildman–Crippen MR) is 63.5 cm³/mol. The van der Waals surface area contributed by atoms with Crippen molar-refractivity contribution in [1.29, 1.82) is 5.26 Å². The van der Waals surface area contributed by atoms with E-state index in [2.05, 4.69) is 16.4 Å². The summed E-state index contributed by atoms with van der Waals surface area (Å²) < 4.78 is 0. The molecule has 0 aromatic carbocycles. The first kappa shape index (κ1) is 11.9. The average Bonchev–Trinajstić information content (AvgIpc) is 2.76. The Balaban J connectivity index is 2.05. The van der Waals surface area contributed by atoms with Crippen molar-refractivity contribution in [2.75, 3.05) is 0 Å². The number of hydrogen-bond donors (Lipinski definition) is 1. The van der Waals surface area contributed by atoms with Gasteiger partial charge in [-0.25, -0.2) is 4.98 Å². The first-order valence-corrected chi connectivity index (χ1v) is 5.90. The number of nitrogens with zero attached hydrogens (tertiary/aromatic N) is 2. The zero-order chi connectivity index (χ0) is 12.3. The monoisotopic (exact) mass is 249 g/mol. The predicted octanol–water partition coefficient (Wildman–Crippen LogP) is 2.16. The Labute approximate surface area is 105 Å². The number of carbonyl (C=O) groups is 1. The zero-order valence-electron chi connectivity index (χ0n) is 9.19. The molecule has 0 aliphatic heterocycles. The lowest BCUT2D eigenvalue weighted by molar-refractivity contribution is 0.0932. The highest BCUT2D eigenvalue weighted by Crippen LogP contribution is 2.25. The van der Waals surface area contributed by atoms with Crippen LogP contribution < -0.4 is 5.32 Å². The lowest BCUT2D eigenvalue weighted by atomic mass is 10.1. The van der Waals surface area contributed by atoms with Crippen molar-refractivity contribution in [2.45, 2.75) is 25.3 Å². The number of aromatic nitrogens is 1. The molecule has 1 aromatic rings. The van der Waals surface area contributed by atoms with Crippen LogP contribution in [0.5, 0.6) is 0 Å². The Hall–Kier alpha value is -1.60. The zero-order valence-corrected chi connectivity index (χ0v) is 9.94. The lowest BCUT2D eigenvalue weighted by Crippen LogP contribution is -2.36. The van der Waals surface area contributed by atoms with Gasteiger partial charge in [0.05, 0.1) is 12.0 Å². The van der Waals surface area contributed by atoms with Crippen molar-refractivity contribution in [2.24, 2.45) is 5.92 Å². The van der Waals surface area contributed by atoms with E-state index in [1.54, 1.807) is 6.07 Å². The number of amides is 1. The van der Waals surface area contributed by atoms with Crippen molar-refractivity contribution in [3.05, 3.63) is 29.0 Å². The number of hydrogen-bond acceptors (Lipinski definition) is 3. The molecule has 1 saturated carbocycles. The quantitative estimate of drug-likeness (QED) is 0.817. The van der Waals surface area contributed by atoms with E-state index in [1.807, 2.05) is 0 Å². The van der Waals surface area contributed by atoms with E-state index >= 15 is 0 Å². The second-order valence-electron chi connectivity index (χ2n) is 4.11. The molecule has 4 nitrogen and oxygen atoms in total. The van der Waals surface area contributed by atoms with Crippen LogP contribution in [0.1, 0.15) is 29.6 Å². The minimum absolute atomic E-state index is 0.0422. The van der Waals surface area contributed by atoms with Crippen LogP contribution in [-0.2, 0) is 0 Å². The van der Waals surface area contributed by atoms with E-state index in [0.29, 0.717) is 10.7 Å². The molecule has 0 radical (unpaired) electrons. The summed E-state index contributed by atoms with van der Waals surface area (Å²) in [6.07, 6.45) is 4.20. The van der Waals surface area contributed by atoms with Crippen LogP contribution in [0.2, 0.25) is 5.15 Å². The maximum atomic E-state index is 11.9. The van der Waals surface area contributed by atoms with Crippen molar-refractivity contribution in [3.63, 3.8) is 0 Å². The first-order chi connectivity index (χ1) is 8.20. The average molecular weight is 250 g/mol. The van der Waals surface area contributed by atoms with Crippen molar-refractivity contribution >= 4 is 17.5 Å². The summed E-state index contributed by atoms with van der Waals surface area (Å²) in [4.78, 5) is 15.7. The number of pyridine rings is 1. The van der Waals surface area contributed by atoms with Crippen LogP contribution in [0.25, 0.3) is 0 Å². The molecule has 0 saturated heterocycles. The molecule has 1 fully saturated rings. The molecular formula is C12H12ClN3O. The van der Waals surface area contributed by atoms with Crippen LogP contribution in [-0.4, -0.2) is 16.9 Å². The summed E-state index contributed by atoms with van der Waals surface area (Å²) in [5.41, 5.74) is 0.480. The smallest absolute Gasteiger partial charge is 0.251 e. The molecule has 1 aromatic heterocycles. The van der Waals surface area contributed by atoms with Gasteiger partial charge in [-0.2, -0.15) is 5.26 Å². The molecule has 2 atom stereocenters. The molecule has 1 aliphatic carbocycles. The maximum absolute atomic E-state index is 11.9. The molecule has 1 heterocycles. The molecular weight excluding hydrogens is 238 g/mol. The number of nitrogens with one attached hydrogen (secondary N) is 1. The summed E-state index contributed by atoms with van der Waals surface area (Å²) >= 11 is 5.72. The molecule has 0 spiro atoms. The summed E-state index contributed by atoms with van der Waals surface area (Å²) in [6.45, 7) is 0. The topological polar surface area (TPSA) is 65.8 Å². The van der Waals surface area contributed by atoms with E-state index in [4.69, 9.17) is 16.9 Å². The Morgan fingerprint density at radius 3 is 3.12 bits per heavy atom. The normalized spacial score (nSPS) is 23.1. The van der Waals surface area contributed by atoms with Gasteiger partial charge in [-0.15, -0.1) is 0 Å². The van der Waals surface area contributed by atoms with Crippen LogP contribution in [0.15, 0.2) is 18.3 Å². The summed E-state index contributed by atoms with van der Waals surface area (Å²) in [7, 11) is 0. The highest BCUT2D eigenvalue weighted by Gasteiger charge is 2.28. The molecule has 2 rings (SSSR count). The third kappa shape index (κ3) is 2.75. The van der Waals surface area contributed by atoms with E-state index in [1.165, 1.54) is 12.3 Å². The summed E-state index contributed by atoms with van der Waals surface area (Å²) in [6, 6.07) is 5.32. The highest BCUT2D eigenvalue weighted by molar-refractivity contribution is 6.29. The van der Waals surface area contributed by atoms with Gasteiger partial charge in [0.2, 0.25) is 0 Å². The van der Waals surface area contributed by atoms with Crippen molar-refractivity contribution in [3.8, 4) is 6.07 Å². The van der Waals surface area contributed by atoms with Gasteiger partial charge < -0.3 is 5.32 Å². The van der Waals surface area contributed by atoms with Crippen LogP contribution >= 0.6 is 11.6 Å². The fourth-order valence-electron chi connectivity index (χ4n) is 2.08. The van der Waals surface area contributed by atoms with Gasteiger partial charge in [-0.1, -0.05) is 11.6 Å². The standard InChI is InChI=1S/C12H12ClN3O/c13-11-6-8(4-5-15-11)12(17)16-10-3-1-2-9(10)7-14/h4-6,9-10H,1-3H2,(H,16,17). The molecule has 0 bridgehead atoms. The minimum atomic E-state index is -0.193. The van der Waals surface area contributed by atoms with Gasteiger partial charge in [-0.3, -0.25) is 4.79 Å². The second-order valence-corrected chi connectivity index (χ2v) is 4.50. The van der Waals surface area contributed by atoms with Crippen molar-refractivity contribution < 1.29 is 4.79 Å². The van der Waals surface area contributed by atoms with Gasteiger partial charge >= 0.3 is 0 Å². The SMILES string of the molecule is N#CC1CCCC1NC(=O)c1ccnc(Cl)c1. The van der Waals surface area contributed by atoms with Crippen LogP contribution in [0.3, 0.4) is 0 Å². The van der Waals surface area contributed by atoms with Gasteiger partial charge in [0.25, 0.3) is 5.91 Å². The van der Waals surface area contributed by atoms with E-state index in [9.17, 15) is 4.79 Å². The number of halogens is 1. The van der Waals surface area contributed by atoms with Crippen LogP contribution in [0.4, 0.5) is 0 Å². The molecule has 17 heavy (non-hydrogen) atoms. The molecule has 88 valence electrons. The molecule has 1 N–H and O–H groups in total. The van der Waals surface area contributed by atoms with E-state index < -0.39 is 0 Å². The van der Waals surface area contributed by atoms with Gasteiger partial charge in [-0.05, 0) is 31.4 Å². The number of rotatable bonds is 2. The maximum Gasteiger partial charge on any atom is 0.251 e. The lowest BCUT2D eigenvalue weighted by Gasteiger charge is -2.15.